The molecule has 1 aromatic heterocycles. The topological polar surface area (TPSA) is 51.3 Å². The van der Waals surface area contributed by atoms with E-state index in [2.05, 4.69) is 18.9 Å². The van der Waals surface area contributed by atoms with Crippen LogP contribution in [-0.4, -0.2) is 29.1 Å². The molecule has 1 fully saturated rings. The van der Waals surface area contributed by atoms with Crippen molar-refractivity contribution in [2.75, 3.05) is 19.3 Å². The van der Waals surface area contributed by atoms with Crippen LogP contribution in [0.3, 0.4) is 0 Å². The van der Waals surface area contributed by atoms with Gasteiger partial charge in [0.1, 0.15) is 0 Å². The summed E-state index contributed by atoms with van der Waals surface area (Å²) in [5.74, 6) is 0.830. The molecule has 0 spiro atoms. The lowest BCUT2D eigenvalue weighted by molar-refractivity contribution is 0.159. The summed E-state index contributed by atoms with van der Waals surface area (Å²) >= 11 is 0. The molecule has 2 N–H and O–H groups in total. The minimum atomic E-state index is 0.0274. The van der Waals surface area contributed by atoms with Gasteiger partial charge >= 0.3 is 0 Å². The van der Waals surface area contributed by atoms with Gasteiger partial charge in [0.05, 0.1) is 0 Å². The highest BCUT2D eigenvalue weighted by Gasteiger charge is 2.21. The van der Waals surface area contributed by atoms with Crippen molar-refractivity contribution in [3.05, 3.63) is 28.7 Å². The Hall–Kier alpha value is -1.29. The highest BCUT2D eigenvalue weighted by molar-refractivity contribution is 5.33. The van der Waals surface area contributed by atoms with E-state index in [1.807, 2.05) is 0 Å². The maximum atomic E-state index is 11.7. The molecule has 1 heterocycles. The van der Waals surface area contributed by atoms with E-state index in [9.17, 15) is 4.79 Å². The molecule has 2 rings (SSSR count). The number of nitrogens with two attached hydrogens (primary N) is 1. The Kier molecular flexibility index (Phi) is 4.64. The second-order valence-electron chi connectivity index (χ2n) is 5.90. The van der Waals surface area contributed by atoms with Crippen LogP contribution in [0.15, 0.2) is 23.1 Å². The van der Waals surface area contributed by atoms with Gasteiger partial charge in [0.2, 0.25) is 0 Å². The fraction of sp³-hybridized carbons (Fsp3) is 0.667. The number of pyridine rings is 1. The molecule has 4 heteroatoms. The van der Waals surface area contributed by atoms with Gasteiger partial charge in [-0.25, -0.2) is 0 Å². The van der Waals surface area contributed by atoms with Crippen molar-refractivity contribution in [1.29, 1.82) is 0 Å². The lowest BCUT2D eigenvalue weighted by Crippen LogP contribution is -2.38. The first-order chi connectivity index (χ1) is 9.06. The lowest BCUT2D eigenvalue weighted by atomic mass is 9.86. The van der Waals surface area contributed by atoms with Crippen molar-refractivity contribution in [3.8, 4) is 0 Å². The number of anilines is 1. The van der Waals surface area contributed by atoms with Gasteiger partial charge in [-0.2, -0.15) is 0 Å². The minimum Gasteiger partial charge on any atom is -0.398 e. The van der Waals surface area contributed by atoms with E-state index in [-0.39, 0.29) is 5.56 Å². The molecule has 4 nitrogen and oxygen atoms in total. The second-order valence-corrected chi connectivity index (χ2v) is 5.90. The number of rotatable bonds is 4. The van der Waals surface area contributed by atoms with Crippen LogP contribution < -0.4 is 11.3 Å². The molecule has 1 aromatic rings. The fourth-order valence-corrected chi connectivity index (χ4v) is 2.98. The van der Waals surface area contributed by atoms with Crippen LogP contribution in [0.2, 0.25) is 0 Å². The van der Waals surface area contributed by atoms with Crippen LogP contribution in [0.1, 0.15) is 32.6 Å². The standard InChI is InChI=1S/C15H25N3O/c1-12-4-3-5-14(10-12)17(2)8-9-18-11-13(16)6-7-15(18)19/h6-7,11-12,14H,3-5,8-10,16H2,1-2H3. The van der Waals surface area contributed by atoms with Crippen molar-refractivity contribution >= 4 is 5.69 Å². The number of hydrogen-bond donors (Lipinski definition) is 1. The Balaban J connectivity index is 1.90. The van der Waals surface area contributed by atoms with Crippen molar-refractivity contribution in [2.24, 2.45) is 5.92 Å². The Morgan fingerprint density at radius 3 is 2.95 bits per heavy atom. The average Bonchev–Trinajstić information content (AvgIpc) is 2.39. The first kappa shape index (κ1) is 14.1. The highest BCUT2D eigenvalue weighted by Crippen LogP contribution is 2.26. The van der Waals surface area contributed by atoms with Crippen LogP contribution >= 0.6 is 0 Å². The zero-order valence-corrected chi connectivity index (χ0v) is 12.0. The number of likely N-dealkylation sites (N-methyl/N-ethyl adjacent to an activating group) is 1. The van der Waals surface area contributed by atoms with E-state index in [1.165, 1.54) is 31.7 Å². The number of nitrogen functional groups attached to an aromatic ring is 1. The third-order valence-electron chi connectivity index (χ3n) is 4.23. The van der Waals surface area contributed by atoms with Crippen LogP contribution in [-0.2, 0) is 6.54 Å². The maximum Gasteiger partial charge on any atom is 0.250 e. The van der Waals surface area contributed by atoms with Crippen molar-refractivity contribution in [1.82, 2.24) is 9.47 Å². The van der Waals surface area contributed by atoms with Crippen molar-refractivity contribution in [2.45, 2.75) is 45.2 Å². The number of nitrogens with zero attached hydrogens (tertiary/aromatic N) is 2. The van der Waals surface area contributed by atoms with Gasteiger partial charge in [0, 0.05) is 37.1 Å². The summed E-state index contributed by atoms with van der Waals surface area (Å²) in [4.78, 5) is 14.1. The van der Waals surface area contributed by atoms with E-state index < -0.39 is 0 Å². The molecule has 0 aliphatic heterocycles. The molecule has 2 unspecified atom stereocenters. The van der Waals surface area contributed by atoms with Gasteiger partial charge in [-0.15, -0.1) is 0 Å². The van der Waals surface area contributed by atoms with E-state index in [0.29, 0.717) is 18.3 Å². The van der Waals surface area contributed by atoms with E-state index in [1.54, 1.807) is 16.8 Å². The van der Waals surface area contributed by atoms with Gasteiger partial charge < -0.3 is 15.2 Å². The van der Waals surface area contributed by atoms with Crippen molar-refractivity contribution < 1.29 is 0 Å². The maximum absolute atomic E-state index is 11.7. The highest BCUT2D eigenvalue weighted by atomic mass is 16.1. The monoisotopic (exact) mass is 263 g/mol. The lowest BCUT2D eigenvalue weighted by Gasteiger charge is -2.34. The molecule has 0 aromatic carbocycles. The second kappa shape index (κ2) is 6.24. The van der Waals surface area contributed by atoms with Gasteiger partial charge in [-0.05, 0) is 31.9 Å². The van der Waals surface area contributed by atoms with E-state index in [0.717, 1.165) is 12.5 Å². The van der Waals surface area contributed by atoms with Crippen LogP contribution in [0.5, 0.6) is 0 Å². The third kappa shape index (κ3) is 3.83. The normalized spacial score (nSPS) is 23.7. The molecule has 1 saturated carbocycles. The number of hydrogen-bond acceptors (Lipinski definition) is 3. The summed E-state index contributed by atoms with van der Waals surface area (Å²) in [5, 5.41) is 0. The van der Waals surface area contributed by atoms with E-state index in [4.69, 9.17) is 5.73 Å². The Morgan fingerprint density at radius 2 is 2.21 bits per heavy atom. The molecule has 19 heavy (non-hydrogen) atoms. The molecule has 1 aliphatic carbocycles. The molecule has 0 bridgehead atoms. The van der Waals surface area contributed by atoms with Gasteiger partial charge in [-0.3, -0.25) is 4.79 Å². The van der Waals surface area contributed by atoms with Crippen LogP contribution in [0, 0.1) is 5.92 Å². The molecule has 0 saturated heterocycles. The van der Waals surface area contributed by atoms with Crippen molar-refractivity contribution in [3.63, 3.8) is 0 Å². The first-order valence-corrected chi connectivity index (χ1v) is 7.22. The molecular formula is C15H25N3O. The summed E-state index contributed by atoms with van der Waals surface area (Å²) in [6.45, 7) is 3.95. The quantitative estimate of drug-likeness (QED) is 0.903. The summed E-state index contributed by atoms with van der Waals surface area (Å²) in [7, 11) is 2.17. The molecular weight excluding hydrogens is 238 g/mol. The zero-order chi connectivity index (χ0) is 13.8. The molecule has 2 atom stereocenters. The molecule has 1 aliphatic rings. The zero-order valence-electron chi connectivity index (χ0n) is 12.0. The molecule has 0 amide bonds. The largest absolute Gasteiger partial charge is 0.398 e. The van der Waals surface area contributed by atoms with Crippen LogP contribution in [0.25, 0.3) is 0 Å². The SMILES string of the molecule is CC1CCCC(N(C)CCn2cc(N)ccc2=O)C1. The first-order valence-electron chi connectivity index (χ1n) is 7.22. The Bertz CT molecular complexity index is 469. The van der Waals surface area contributed by atoms with Gasteiger partial charge in [0.25, 0.3) is 5.56 Å². The Morgan fingerprint density at radius 1 is 1.42 bits per heavy atom. The average molecular weight is 263 g/mol. The third-order valence-corrected chi connectivity index (χ3v) is 4.23. The molecule has 0 radical (unpaired) electrons. The minimum absolute atomic E-state index is 0.0274. The van der Waals surface area contributed by atoms with Gasteiger partial charge in [0.15, 0.2) is 0 Å². The summed E-state index contributed by atoms with van der Waals surface area (Å²) in [6, 6.07) is 3.86. The summed E-state index contributed by atoms with van der Waals surface area (Å²) < 4.78 is 1.71. The molecule has 106 valence electrons. The fourth-order valence-electron chi connectivity index (χ4n) is 2.98. The Labute approximate surface area is 115 Å². The van der Waals surface area contributed by atoms with E-state index >= 15 is 0 Å². The number of aromatic nitrogens is 1. The van der Waals surface area contributed by atoms with Gasteiger partial charge in [-0.1, -0.05) is 19.8 Å². The predicted octanol–water partition coefficient (Wildman–Crippen LogP) is 1.94. The van der Waals surface area contributed by atoms with Crippen LogP contribution in [0.4, 0.5) is 5.69 Å². The summed E-state index contributed by atoms with van der Waals surface area (Å²) in [6.07, 6.45) is 6.99. The smallest absolute Gasteiger partial charge is 0.250 e. The predicted molar refractivity (Wildman–Crippen MR) is 79.2 cm³/mol. The summed E-state index contributed by atoms with van der Waals surface area (Å²) in [5.41, 5.74) is 6.40.